The number of aliphatic hydroxyl groups excluding tert-OH is 3. The van der Waals surface area contributed by atoms with Gasteiger partial charge in [0.25, 0.3) is 0 Å². The molecule has 0 aliphatic rings. The van der Waals surface area contributed by atoms with Crippen LogP contribution in [0.5, 0.6) is 0 Å². The van der Waals surface area contributed by atoms with E-state index in [1.165, 1.54) is 0 Å². The van der Waals surface area contributed by atoms with Crippen molar-refractivity contribution in [3.63, 3.8) is 0 Å². The molecule has 0 saturated heterocycles. The summed E-state index contributed by atoms with van der Waals surface area (Å²) >= 11 is 0. The first-order chi connectivity index (χ1) is 12.2. The topological polar surface area (TPSA) is 267 Å². The number of aliphatic hydroxyl groups is 4. The Labute approximate surface area is 151 Å². The lowest BCUT2D eigenvalue weighted by Crippen LogP contribution is -2.42. The second-order valence-corrected chi connectivity index (χ2v) is 4.78. The molecule has 27 heavy (non-hydrogen) atoms. The highest BCUT2D eigenvalue weighted by Crippen LogP contribution is 2.15. The van der Waals surface area contributed by atoms with Gasteiger partial charge in [-0.25, -0.2) is 4.79 Å². The Morgan fingerprint density at radius 3 is 1.07 bits per heavy atom. The monoisotopic (exact) mass is 402 g/mol. The van der Waals surface area contributed by atoms with Crippen molar-refractivity contribution in [2.24, 2.45) is 0 Å². The van der Waals surface area contributed by atoms with Gasteiger partial charge in [0.2, 0.25) is 0 Å². The normalized spacial score (nSPS) is 9.96. The molecule has 0 heterocycles. The lowest BCUT2D eigenvalue weighted by Gasteiger charge is -2.18. The highest BCUT2D eigenvalue weighted by molar-refractivity contribution is 5.88. The van der Waals surface area contributed by atoms with E-state index < -0.39 is 54.4 Å². The Balaban J connectivity index is -0.000000351. The first-order valence-corrected chi connectivity index (χ1v) is 6.94. The van der Waals surface area contributed by atoms with E-state index in [4.69, 9.17) is 46.0 Å². The van der Waals surface area contributed by atoms with Crippen molar-refractivity contribution in [3.05, 3.63) is 0 Å². The van der Waals surface area contributed by atoms with E-state index in [2.05, 4.69) is 0 Å². The van der Waals surface area contributed by atoms with Gasteiger partial charge in [-0.1, -0.05) is 0 Å². The fourth-order valence-corrected chi connectivity index (χ4v) is 0.986. The zero-order chi connectivity index (χ0) is 22.2. The maximum atomic E-state index is 10.3. The largest absolute Gasteiger partial charge is 0.481 e. The van der Waals surface area contributed by atoms with Gasteiger partial charge in [0.15, 0.2) is 5.60 Å². The molecule has 0 unspecified atom stereocenters. The summed E-state index contributed by atoms with van der Waals surface area (Å²) in [7, 11) is 0. The van der Waals surface area contributed by atoms with E-state index in [0.29, 0.717) is 0 Å². The van der Waals surface area contributed by atoms with Gasteiger partial charge in [0.1, 0.15) is 6.10 Å². The lowest BCUT2D eigenvalue weighted by atomic mass is 9.96. The standard InChI is InChI=1S/C6H8O7.C4H6O4.C3H8O3/c7-3(8)1-6(13,5(11)12)2-4(9)10;5-3(6)1-2-4(7)8;4-1-3(6)2-5/h13H,1-2H2,(H,7,8)(H,9,10)(H,11,12);1-2H2,(H,5,6)(H,7,8);3-6H,1-2H2. The molecule has 0 fully saturated rings. The second kappa shape index (κ2) is 15.4. The molecule has 14 heteroatoms. The SMILES string of the molecule is O=C(O)CC(O)(CC(=O)O)C(=O)O.O=C(O)CCC(=O)O.OCC(O)CO. The van der Waals surface area contributed by atoms with Crippen molar-refractivity contribution in [2.75, 3.05) is 13.2 Å². The number of hydrogen-bond acceptors (Lipinski definition) is 9. The number of carboxylic acids is 5. The van der Waals surface area contributed by atoms with Crippen molar-refractivity contribution in [3.8, 4) is 0 Å². The van der Waals surface area contributed by atoms with Crippen molar-refractivity contribution in [2.45, 2.75) is 37.4 Å². The Morgan fingerprint density at radius 2 is 0.963 bits per heavy atom. The van der Waals surface area contributed by atoms with Gasteiger partial charge in [-0.05, 0) is 0 Å². The zero-order valence-corrected chi connectivity index (χ0v) is 13.9. The van der Waals surface area contributed by atoms with Gasteiger partial charge >= 0.3 is 29.8 Å². The predicted molar refractivity (Wildman–Crippen MR) is 81.8 cm³/mol. The van der Waals surface area contributed by atoms with Crippen LogP contribution in [-0.4, -0.2) is 101 Å². The summed E-state index contributed by atoms with van der Waals surface area (Å²) < 4.78 is 0. The molecular weight excluding hydrogens is 380 g/mol. The average Bonchev–Trinajstić information content (AvgIpc) is 2.51. The van der Waals surface area contributed by atoms with Crippen LogP contribution < -0.4 is 0 Å². The fraction of sp³-hybridized carbons (Fsp3) is 0.615. The molecule has 0 spiro atoms. The van der Waals surface area contributed by atoms with Crippen LogP contribution in [0.2, 0.25) is 0 Å². The Kier molecular flexibility index (Phi) is 16.6. The highest BCUT2D eigenvalue weighted by atomic mass is 16.4. The minimum absolute atomic E-state index is 0.296. The second-order valence-electron chi connectivity index (χ2n) is 4.78. The first-order valence-electron chi connectivity index (χ1n) is 6.94. The van der Waals surface area contributed by atoms with Gasteiger partial charge in [-0.2, -0.15) is 0 Å². The molecule has 0 aliphatic heterocycles. The number of hydrogen-bond donors (Lipinski definition) is 9. The zero-order valence-electron chi connectivity index (χ0n) is 13.9. The molecule has 0 aliphatic carbocycles. The van der Waals surface area contributed by atoms with Crippen LogP contribution >= 0.6 is 0 Å². The molecule has 158 valence electrons. The molecule has 0 amide bonds. The third-order valence-electron chi connectivity index (χ3n) is 2.26. The van der Waals surface area contributed by atoms with Crippen LogP contribution in [0.25, 0.3) is 0 Å². The summed E-state index contributed by atoms with van der Waals surface area (Å²) in [6.45, 7) is -0.729. The minimum atomic E-state index is -2.74. The minimum Gasteiger partial charge on any atom is -0.481 e. The lowest BCUT2D eigenvalue weighted by molar-refractivity contribution is -0.170. The molecule has 0 radical (unpaired) electrons. The summed E-state index contributed by atoms with van der Waals surface area (Å²) in [5.41, 5.74) is -2.74. The van der Waals surface area contributed by atoms with Gasteiger partial charge < -0.3 is 46.0 Å². The smallest absolute Gasteiger partial charge is 0.336 e. The predicted octanol–water partition coefficient (Wildman–Crippen LogP) is -2.98. The van der Waals surface area contributed by atoms with Crippen LogP contribution in [0.15, 0.2) is 0 Å². The van der Waals surface area contributed by atoms with Crippen molar-refractivity contribution in [1.29, 1.82) is 0 Å². The van der Waals surface area contributed by atoms with Crippen molar-refractivity contribution < 1.29 is 69.9 Å². The fourth-order valence-electron chi connectivity index (χ4n) is 0.986. The summed E-state index contributed by atoms with van der Waals surface area (Å²) in [6, 6.07) is 0. The van der Waals surface area contributed by atoms with Crippen LogP contribution in [0.1, 0.15) is 25.7 Å². The molecule has 0 atom stereocenters. The van der Waals surface area contributed by atoms with Gasteiger partial charge in [-0.15, -0.1) is 0 Å². The maximum absolute atomic E-state index is 10.3. The molecule has 0 rings (SSSR count). The number of rotatable bonds is 10. The molecule has 0 aromatic rings. The first kappa shape index (κ1) is 29.0. The summed E-state index contributed by atoms with van der Waals surface area (Å²) in [5, 5.41) is 73.6. The van der Waals surface area contributed by atoms with E-state index >= 15 is 0 Å². The number of aliphatic carboxylic acids is 5. The van der Waals surface area contributed by atoms with Gasteiger partial charge in [0.05, 0.1) is 38.9 Å². The molecule has 9 N–H and O–H groups in total. The molecular formula is C13H22O14. The molecule has 0 saturated carbocycles. The summed E-state index contributed by atoms with van der Waals surface area (Å²) in [6.07, 6.45) is -3.83. The van der Waals surface area contributed by atoms with Crippen molar-refractivity contribution in [1.82, 2.24) is 0 Å². The molecule has 14 nitrogen and oxygen atoms in total. The molecule has 0 bridgehead atoms. The van der Waals surface area contributed by atoms with E-state index in [0.717, 1.165) is 0 Å². The van der Waals surface area contributed by atoms with Gasteiger partial charge in [0, 0.05) is 0 Å². The quantitative estimate of drug-likeness (QED) is 0.176. The van der Waals surface area contributed by atoms with Crippen LogP contribution in [0.4, 0.5) is 0 Å². The number of carbonyl (C=O) groups is 5. The molecule has 0 aromatic carbocycles. The van der Waals surface area contributed by atoms with Crippen LogP contribution in [-0.2, 0) is 24.0 Å². The average molecular weight is 402 g/mol. The van der Waals surface area contributed by atoms with Crippen molar-refractivity contribution >= 4 is 29.8 Å². The van der Waals surface area contributed by atoms with E-state index in [-0.39, 0.29) is 26.1 Å². The van der Waals surface area contributed by atoms with E-state index in [9.17, 15) is 24.0 Å². The summed E-state index contributed by atoms with van der Waals surface area (Å²) in [5.74, 6) is -7.17. The van der Waals surface area contributed by atoms with Crippen LogP contribution in [0, 0.1) is 0 Å². The maximum Gasteiger partial charge on any atom is 0.336 e. The van der Waals surface area contributed by atoms with Gasteiger partial charge in [-0.3, -0.25) is 19.2 Å². The van der Waals surface area contributed by atoms with E-state index in [1.54, 1.807) is 0 Å². The Hall–Kier alpha value is -2.81. The highest BCUT2D eigenvalue weighted by Gasteiger charge is 2.40. The summed E-state index contributed by atoms with van der Waals surface area (Å²) in [4.78, 5) is 49.8. The van der Waals surface area contributed by atoms with Crippen LogP contribution in [0.3, 0.4) is 0 Å². The number of carboxylic acid groups (broad SMARTS) is 5. The Morgan fingerprint density at radius 1 is 0.667 bits per heavy atom. The molecule has 0 aromatic heterocycles. The Bertz CT molecular complexity index is 465. The third kappa shape index (κ3) is 21.1. The van der Waals surface area contributed by atoms with E-state index in [1.807, 2.05) is 0 Å². The third-order valence-corrected chi connectivity index (χ3v) is 2.26.